The fourth-order valence-electron chi connectivity index (χ4n) is 3.48. The van der Waals surface area contributed by atoms with Crippen molar-refractivity contribution in [2.24, 2.45) is 27.9 Å². The summed E-state index contributed by atoms with van der Waals surface area (Å²) in [6.07, 6.45) is 2.04. The van der Waals surface area contributed by atoms with E-state index in [2.05, 4.69) is 20.9 Å². The minimum atomic E-state index is -1.53. The van der Waals surface area contributed by atoms with Gasteiger partial charge >= 0.3 is 5.97 Å². The van der Waals surface area contributed by atoms with Crippen molar-refractivity contribution in [1.82, 2.24) is 16.0 Å². The van der Waals surface area contributed by atoms with E-state index in [1.54, 1.807) is 24.3 Å². The van der Waals surface area contributed by atoms with Crippen LogP contribution < -0.4 is 38.9 Å². The lowest BCUT2D eigenvalue weighted by atomic mass is 10.0. The van der Waals surface area contributed by atoms with Gasteiger partial charge < -0.3 is 49.1 Å². The Kier molecular flexibility index (Phi) is 15.0. The third kappa shape index (κ3) is 12.5. The molecule has 0 spiro atoms. The first-order valence-electron chi connectivity index (χ1n) is 12.4. The molecule has 212 valence electrons. The molecular formula is C24H40N8O6. The number of nitrogens with two attached hydrogens (primary N) is 4. The number of aliphatic hydroxyl groups excluding tert-OH is 1. The minimum absolute atomic E-state index is 0.0682. The van der Waals surface area contributed by atoms with E-state index in [-0.39, 0.29) is 25.2 Å². The van der Waals surface area contributed by atoms with E-state index in [4.69, 9.17) is 28.0 Å². The Bertz CT molecular complexity index is 926. The summed E-state index contributed by atoms with van der Waals surface area (Å²) in [6.45, 7) is -0.162. The van der Waals surface area contributed by atoms with Gasteiger partial charge in [-0.2, -0.15) is 0 Å². The van der Waals surface area contributed by atoms with E-state index < -0.39 is 54.5 Å². The number of benzene rings is 1. The van der Waals surface area contributed by atoms with Crippen molar-refractivity contribution < 1.29 is 29.4 Å². The van der Waals surface area contributed by atoms with Crippen molar-refractivity contribution in [2.45, 2.75) is 62.7 Å². The molecule has 0 aliphatic carbocycles. The number of guanidine groups is 1. The summed E-state index contributed by atoms with van der Waals surface area (Å²) in [5.41, 5.74) is 22.9. The molecule has 0 fully saturated rings. The van der Waals surface area contributed by atoms with Crippen LogP contribution in [0.4, 0.5) is 0 Å². The van der Waals surface area contributed by atoms with Gasteiger partial charge in [-0.3, -0.25) is 19.4 Å². The number of carboxylic acids is 1. The first-order valence-corrected chi connectivity index (χ1v) is 12.4. The zero-order valence-electron chi connectivity index (χ0n) is 21.3. The molecule has 4 atom stereocenters. The Balaban J connectivity index is 3.01. The summed E-state index contributed by atoms with van der Waals surface area (Å²) in [4.78, 5) is 53.9. The van der Waals surface area contributed by atoms with Crippen LogP contribution in [0.3, 0.4) is 0 Å². The molecule has 3 amide bonds. The van der Waals surface area contributed by atoms with E-state index >= 15 is 0 Å². The Hall–Kier alpha value is -3.75. The van der Waals surface area contributed by atoms with Gasteiger partial charge in [-0.1, -0.05) is 30.3 Å². The lowest BCUT2D eigenvalue weighted by molar-refractivity contribution is -0.143. The average molecular weight is 537 g/mol. The van der Waals surface area contributed by atoms with Crippen molar-refractivity contribution in [3.63, 3.8) is 0 Å². The Labute approximate surface area is 221 Å². The van der Waals surface area contributed by atoms with Crippen molar-refractivity contribution >= 4 is 29.7 Å². The monoisotopic (exact) mass is 536 g/mol. The molecule has 1 aromatic carbocycles. The predicted molar refractivity (Wildman–Crippen MR) is 141 cm³/mol. The summed E-state index contributed by atoms with van der Waals surface area (Å²) < 4.78 is 0. The van der Waals surface area contributed by atoms with Gasteiger partial charge in [0.1, 0.15) is 18.1 Å². The van der Waals surface area contributed by atoms with Crippen LogP contribution in [-0.2, 0) is 25.6 Å². The second kappa shape index (κ2) is 17.7. The SMILES string of the molecule is NCCCCC(NC(=O)C(Cc1ccccc1)NC(=O)C(N)CCCN=C(N)N)C(=O)NC(CO)C(=O)O. The standard InChI is InChI=1S/C24H40N8O6/c25-11-5-4-10-17(21(35)32-19(14-33)23(37)38)30-22(36)18(13-15-7-2-1-3-8-15)31-20(34)16(26)9-6-12-29-24(27)28/h1-3,7-8,16-19,33H,4-6,9-14,25-26H2,(H,30,36)(H,31,34)(H,32,35)(H,37,38)(H4,27,28,29). The van der Waals surface area contributed by atoms with Crippen molar-refractivity contribution in [1.29, 1.82) is 0 Å². The fraction of sp³-hybridized carbons (Fsp3) is 0.542. The highest BCUT2D eigenvalue weighted by molar-refractivity contribution is 5.94. The predicted octanol–water partition coefficient (Wildman–Crippen LogP) is -2.73. The molecule has 1 aromatic rings. The molecule has 14 nitrogen and oxygen atoms in total. The highest BCUT2D eigenvalue weighted by Crippen LogP contribution is 2.07. The van der Waals surface area contributed by atoms with Crippen LogP contribution in [-0.4, -0.2) is 83.7 Å². The van der Waals surface area contributed by atoms with Crippen LogP contribution >= 0.6 is 0 Å². The molecule has 0 saturated carbocycles. The van der Waals surface area contributed by atoms with Crippen LogP contribution in [0.1, 0.15) is 37.7 Å². The molecular weight excluding hydrogens is 496 g/mol. The van der Waals surface area contributed by atoms with Gasteiger partial charge in [0.15, 0.2) is 5.96 Å². The van der Waals surface area contributed by atoms with E-state index in [1.807, 2.05) is 6.07 Å². The number of carboxylic acid groups (broad SMARTS) is 1. The molecule has 0 saturated heterocycles. The number of hydrogen-bond acceptors (Lipinski definition) is 8. The van der Waals surface area contributed by atoms with Gasteiger partial charge in [0.25, 0.3) is 0 Å². The number of aliphatic imine (C=N–C) groups is 1. The lowest BCUT2D eigenvalue weighted by Gasteiger charge is -2.25. The summed E-state index contributed by atoms with van der Waals surface area (Å²) >= 11 is 0. The topological polar surface area (TPSA) is 261 Å². The fourth-order valence-corrected chi connectivity index (χ4v) is 3.48. The van der Waals surface area contributed by atoms with Crippen molar-refractivity contribution in [3.05, 3.63) is 35.9 Å². The van der Waals surface area contributed by atoms with Gasteiger partial charge in [-0.25, -0.2) is 4.79 Å². The van der Waals surface area contributed by atoms with Crippen LogP contribution in [0.15, 0.2) is 35.3 Å². The highest BCUT2D eigenvalue weighted by atomic mass is 16.4. The third-order valence-corrected chi connectivity index (χ3v) is 5.60. The van der Waals surface area contributed by atoms with Gasteiger partial charge in [-0.15, -0.1) is 0 Å². The van der Waals surface area contributed by atoms with Crippen molar-refractivity contribution in [2.75, 3.05) is 19.7 Å². The van der Waals surface area contributed by atoms with E-state index in [0.717, 1.165) is 5.56 Å². The quantitative estimate of drug-likeness (QED) is 0.0531. The van der Waals surface area contributed by atoms with Crippen LogP contribution in [0, 0.1) is 0 Å². The number of rotatable bonds is 18. The molecule has 0 aliphatic heterocycles. The highest BCUT2D eigenvalue weighted by Gasteiger charge is 2.30. The Morgan fingerprint density at radius 1 is 0.842 bits per heavy atom. The first-order chi connectivity index (χ1) is 18.1. The normalized spacial score (nSPS) is 13.9. The minimum Gasteiger partial charge on any atom is -0.480 e. The number of nitrogens with zero attached hydrogens (tertiary/aromatic N) is 1. The second-order valence-corrected chi connectivity index (χ2v) is 8.73. The molecule has 0 heterocycles. The number of nitrogens with one attached hydrogen (secondary N) is 3. The van der Waals surface area contributed by atoms with Gasteiger partial charge in [0, 0.05) is 13.0 Å². The van der Waals surface area contributed by atoms with E-state index in [1.165, 1.54) is 0 Å². The van der Waals surface area contributed by atoms with Crippen LogP contribution in [0.25, 0.3) is 0 Å². The second-order valence-electron chi connectivity index (χ2n) is 8.73. The molecule has 4 unspecified atom stereocenters. The van der Waals surface area contributed by atoms with E-state index in [9.17, 15) is 24.3 Å². The smallest absolute Gasteiger partial charge is 0.328 e. The first kappa shape index (κ1) is 32.3. The van der Waals surface area contributed by atoms with Gasteiger partial charge in [0.2, 0.25) is 17.7 Å². The maximum absolute atomic E-state index is 13.3. The molecule has 14 heteroatoms. The molecule has 0 radical (unpaired) electrons. The maximum atomic E-state index is 13.3. The summed E-state index contributed by atoms with van der Waals surface area (Å²) in [7, 11) is 0. The van der Waals surface area contributed by atoms with Crippen LogP contribution in [0.2, 0.25) is 0 Å². The molecule has 0 bridgehead atoms. The van der Waals surface area contributed by atoms with Crippen molar-refractivity contribution in [3.8, 4) is 0 Å². The molecule has 38 heavy (non-hydrogen) atoms. The Morgan fingerprint density at radius 3 is 2.03 bits per heavy atom. The summed E-state index contributed by atoms with van der Waals surface area (Å²) in [5.74, 6) is -3.49. The summed E-state index contributed by atoms with van der Waals surface area (Å²) in [5, 5.41) is 25.9. The number of hydrogen-bond donors (Lipinski definition) is 9. The van der Waals surface area contributed by atoms with Gasteiger partial charge in [0.05, 0.1) is 12.6 Å². The number of carbonyl (C=O) groups excluding carboxylic acids is 3. The number of aliphatic hydroxyl groups is 1. The summed E-state index contributed by atoms with van der Waals surface area (Å²) in [6, 6.07) is 4.28. The number of carbonyl (C=O) groups is 4. The third-order valence-electron chi connectivity index (χ3n) is 5.60. The number of unbranched alkanes of at least 4 members (excludes halogenated alkanes) is 1. The number of aliphatic carboxylic acids is 1. The van der Waals surface area contributed by atoms with Gasteiger partial charge in [-0.05, 0) is 44.2 Å². The average Bonchev–Trinajstić information content (AvgIpc) is 2.88. The molecule has 0 aliphatic rings. The maximum Gasteiger partial charge on any atom is 0.328 e. The zero-order valence-corrected chi connectivity index (χ0v) is 21.3. The van der Waals surface area contributed by atoms with Crippen LogP contribution in [0.5, 0.6) is 0 Å². The number of amides is 3. The molecule has 0 aromatic heterocycles. The molecule has 1 rings (SSSR count). The van der Waals surface area contributed by atoms with E-state index in [0.29, 0.717) is 32.4 Å². The zero-order chi connectivity index (χ0) is 28.5. The molecule has 13 N–H and O–H groups in total. The Morgan fingerprint density at radius 2 is 1.45 bits per heavy atom. The largest absolute Gasteiger partial charge is 0.480 e. The lowest BCUT2D eigenvalue weighted by Crippen LogP contribution is -2.58.